The Hall–Kier alpha value is -0.930. The van der Waals surface area contributed by atoms with Crippen molar-refractivity contribution >= 4 is 29.6 Å². The summed E-state index contributed by atoms with van der Waals surface area (Å²) in [6.07, 6.45) is 0. The quantitative estimate of drug-likeness (QED) is 0.761. The van der Waals surface area contributed by atoms with Gasteiger partial charge in [0.05, 0.1) is 6.54 Å². The van der Waals surface area contributed by atoms with Gasteiger partial charge in [0.2, 0.25) is 0 Å². The average Bonchev–Trinajstić information content (AvgIpc) is 2.18. The molecule has 0 saturated carbocycles. The van der Waals surface area contributed by atoms with Gasteiger partial charge in [-0.3, -0.25) is 0 Å². The van der Waals surface area contributed by atoms with Crippen molar-refractivity contribution in [1.29, 1.82) is 0 Å². The van der Waals surface area contributed by atoms with E-state index in [-0.39, 0.29) is 0 Å². The molecular weight excluding hydrogens is 211 g/mol. The first-order valence-corrected chi connectivity index (χ1v) is 4.33. The fourth-order valence-electron chi connectivity index (χ4n) is 0.861. The molecule has 0 aliphatic rings. The Morgan fingerprint density at radius 1 is 1.38 bits per heavy atom. The highest BCUT2D eigenvalue weighted by molar-refractivity contribution is 6.27. The molecule has 0 aromatic heterocycles. The van der Waals surface area contributed by atoms with E-state index < -0.39 is 6.03 Å². The van der Waals surface area contributed by atoms with Crippen molar-refractivity contribution < 1.29 is 4.79 Å². The van der Waals surface area contributed by atoms with Crippen molar-refractivity contribution in [1.82, 2.24) is 9.25 Å². The Labute approximate surface area is 86.5 Å². The zero-order valence-corrected chi connectivity index (χ0v) is 8.22. The monoisotopic (exact) mass is 218 g/mol. The fourth-order valence-corrected chi connectivity index (χ4v) is 1.19. The van der Waals surface area contributed by atoms with Crippen LogP contribution in [0.3, 0.4) is 0 Å². The van der Waals surface area contributed by atoms with Crippen molar-refractivity contribution in [2.24, 2.45) is 0 Å². The number of nitrogens with zero attached hydrogens (tertiary/aromatic N) is 1. The highest BCUT2D eigenvalue weighted by atomic mass is 35.5. The Morgan fingerprint density at radius 2 is 2.00 bits per heavy atom. The number of amides is 2. The van der Waals surface area contributed by atoms with E-state index in [9.17, 15) is 4.79 Å². The Balaban J connectivity index is 2.55. The summed E-state index contributed by atoms with van der Waals surface area (Å²) < 4.78 is 0.975. The summed E-state index contributed by atoms with van der Waals surface area (Å²) in [5.74, 6) is 0. The molecular formula is C8H8Cl2N2O. The zero-order valence-electron chi connectivity index (χ0n) is 6.71. The normalized spacial score (nSPS) is 9.38. The van der Waals surface area contributed by atoms with E-state index >= 15 is 0 Å². The molecule has 0 aliphatic heterocycles. The maximum atomic E-state index is 10.9. The van der Waals surface area contributed by atoms with Crippen molar-refractivity contribution in [2.45, 2.75) is 6.54 Å². The number of carbonyl (C=O) groups excluding carboxylic acids is 1. The van der Waals surface area contributed by atoms with E-state index in [2.05, 4.69) is 0 Å². The minimum Gasteiger partial charge on any atom is -0.249 e. The summed E-state index contributed by atoms with van der Waals surface area (Å²) in [6.45, 7) is 0.320. The van der Waals surface area contributed by atoms with Crippen LogP contribution in [0, 0.1) is 0 Å². The fraction of sp³-hybridized carbons (Fsp3) is 0.125. The minimum absolute atomic E-state index is 0.320. The number of carbonyl (C=O) groups is 1. The van der Waals surface area contributed by atoms with Crippen LogP contribution in [0.5, 0.6) is 0 Å². The molecule has 0 atom stereocenters. The molecule has 2 amide bonds. The van der Waals surface area contributed by atoms with Gasteiger partial charge in [-0.15, -0.1) is 0 Å². The smallest absolute Gasteiger partial charge is 0.249 e. The van der Waals surface area contributed by atoms with Crippen LogP contribution in [0.15, 0.2) is 30.3 Å². The van der Waals surface area contributed by atoms with Gasteiger partial charge in [-0.2, -0.15) is 0 Å². The largest absolute Gasteiger partial charge is 0.346 e. The second-order valence-electron chi connectivity index (χ2n) is 2.41. The molecule has 0 radical (unpaired) electrons. The lowest BCUT2D eigenvalue weighted by Gasteiger charge is -2.11. The van der Waals surface area contributed by atoms with E-state index in [4.69, 9.17) is 23.6 Å². The molecule has 5 heteroatoms. The third-order valence-corrected chi connectivity index (χ3v) is 1.90. The molecule has 0 heterocycles. The number of urea groups is 1. The highest BCUT2D eigenvalue weighted by Gasteiger charge is 2.08. The van der Waals surface area contributed by atoms with Crippen molar-refractivity contribution in [2.75, 3.05) is 0 Å². The molecule has 1 rings (SSSR count). The van der Waals surface area contributed by atoms with Gasteiger partial charge in [0.15, 0.2) is 0 Å². The number of nitrogens with one attached hydrogen (secondary N) is 1. The van der Waals surface area contributed by atoms with E-state index in [0.29, 0.717) is 6.54 Å². The molecule has 0 saturated heterocycles. The van der Waals surface area contributed by atoms with Crippen molar-refractivity contribution in [3.05, 3.63) is 35.9 Å². The topological polar surface area (TPSA) is 32.3 Å². The second kappa shape index (κ2) is 4.94. The van der Waals surface area contributed by atoms with Gasteiger partial charge in [-0.1, -0.05) is 30.3 Å². The molecule has 1 aromatic rings. The second-order valence-corrected chi connectivity index (χ2v) is 3.00. The van der Waals surface area contributed by atoms with Gasteiger partial charge in [0.25, 0.3) is 0 Å². The van der Waals surface area contributed by atoms with Crippen LogP contribution >= 0.6 is 23.6 Å². The summed E-state index contributed by atoms with van der Waals surface area (Å²) in [5.41, 5.74) is 0.942. The van der Waals surface area contributed by atoms with Crippen LogP contribution in [0.25, 0.3) is 0 Å². The number of hydrogen-bond donors (Lipinski definition) is 1. The van der Waals surface area contributed by atoms with E-state index in [0.717, 1.165) is 9.98 Å². The number of hydrogen-bond acceptors (Lipinski definition) is 1. The maximum absolute atomic E-state index is 10.9. The van der Waals surface area contributed by atoms with E-state index in [1.807, 2.05) is 35.2 Å². The van der Waals surface area contributed by atoms with Crippen molar-refractivity contribution in [3.8, 4) is 0 Å². The summed E-state index contributed by atoms with van der Waals surface area (Å²) in [4.78, 5) is 12.8. The van der Waals surface area contributed by atoms with Crippen LogP contribution in [0.2, 0.25) is 0 Å². The Kier molecular flexibility index (Phi) is 3.86. The van der Waals surface area contributed by atoms with Crippen LogP contribution in [0.1, 0.15) is 5.56 Å². The van der Waals surface area contributed by atoms with Gasteiger partial charge in [-0.05, 0) is 5.56 Å². The standard InChI is InChI=1S/C8H8Cl2N2O/c9-11-8(13)12(10)6-7-4-2-1-3-5-7/h1-5H,6H2,(H,11,13). The molecule has 0 unspecified atom stereocenters. The molecule has 13 heavy (non-hydrogen) atoms. The average molecular weight is 219 g/mol. The van der Waals surface area contributed by atoms with Gasteiger partial charge >= 0.3 is 6.03 Å². The van der Waals surface area contributed by atoms with E-state index in [1.165, 1.54) is 0 Å². The highest BCUT2D eigenvalue weighted by Crippen LogP contribution is 2.06. The lowest BCUT2D eigenvalue weighted by atomic mass is 10.2. The van der Waals surface area contributed by atoms with Crippen LogP contribution in [-0.4, -0.2) is 10.5 Å². The first-order valence-electron chi connectivity index (χ1n) is 3.62. The summed E-state index contributed by atoms with van der Waals surface area (Å²) >= 11 is 10.7. The number of rotatable bonds is 2. The number of halogens is 2. The third-order valence-electron chi connectivity index (χ3n) is 1.47. The van der Waals surface area contributed by atoms with Gasteiger partial charge < -0.3 is 0 Å². The SMILES string of the molecule is O=C(NCl)N(Cl)Cc1ccccc1. The summed E-state index contributed by atoms with van der Waals surface area (Å²) in [7, 11) is 0. The first-order chi connectivity index (χ1) is 6.24. The minimum atomic E-state index is -0.535. The molecule has 70 valence electrons. The van der Waals surface area contributed by atoms with Gasteiger partial charge in [-0.25, -0.2) is 14.0 Å². The molecule has 0 aliphatic carbocycles. The lowest BCUT2D eigenvalue weighted by molar-refractivity contribution is 0.229. The molecule has 1 aromatic carbocycles. The summed E-state index contributed by atoms with van der Waals surface area (Å²) in [5, 5.41) is 0. The van der Waals surface area contributed by atoms with Gasteiger partial charge in [0, 0.05) is 23.6 Å². The van der Waals surface area contributed by atoms with E-state index in [1.54, 1.807) is 0 Å². The summed E-state index contributed by atoms with van der Waals surface area (Å²) in [6, 6.07) is 8.85. The predicted molar refractivity (Wildman–Crippen MR) is 52.2 cm³/mol. The molecule has 1 N–H and O–H groups in total. The zero-order chi connectivity index (χ0) is 9.68. The Bertz CT molecular complexity index is 279. The van der Waals surface area contributed by atoms with Crippen molar-refractivity contribution in [3.63, 3.8) is 0 Å². The molecule has 0 fully saturated rings. The van der Waals surface area contributed by atoms with Crippen LogP contribution in [0.4, 0.5) is 4.79 Å². The number of benzene rings is 1. The maximum Gasteiger partial charge on any atom is 0.346 e. The third kappa shape index (κ3) is 3.13. The molecule has 3 nitrogen and oxygen atoms in total. The lowest BCUT2D eigenvalue weighted by Crippen LogP contribution is -2.27. The van der Waals surface area contributed by atoms with Crippen LogP contribution in [-0.2, 0) is 6.54 Å². The predicted octanol–water partition coefficient (Wildman–Crippen LogP) is 2.51. The van der Waals surface area contributed by atoms with Crippen LogP contribution < -0.4 is 4.84 Å². The van der Waals surface area contributed by atoms with Gasteiger partial charge in [0.1, 0.15) is 0 Å². The first kappa shape index (κ1) is 10.2. The molecule has 0 bridgehead atoms. The molecule has 0 spiro atoms. The Morgan fingerprint density at radius 3 is 2.54 bits per heavy atom.